The molecule has 2 aliphatic heterocycles. The van der Waals surface area contributed by atoms with Crippen LogP contribution in [-0.2, 0) is 4.74 Å². The van der Waals surface area contributed by atoms with Crippen LogP contribution in [0.1, 0.15) is 58.8 Å². The molecule has 3 aliphatic rings. The lowest BCUT2D eigenvalue weighted by molar-refractivity contribution is -0.113. The Morgan fingerprint density at radius 1 is 1.11 bits per heavy atom. The predicted molar refractivity (Wildman–Crippen MR) is 82.5 cm³/mol. The lowest BCUT2D eigenvalue weighted by Gasteiger charge is -2.48. The zero-order chi connectivity index (χ0) is 13.6. The predicted octanol–water partition coefficient (Wildman–Crippen LogP) is 3.59. The van der Waals surface area contributed by atoms with E-state index in [0.717, 1.165) is 6.61 Å². The van der Waals surface area contributed by atoms with Crippen LogP contribution in [0.2, 0.25) is 0 Å². The van der Waals surface area contributed by atoms with E-state index in [-0.39, 0.29) is 11.1 Å². The Balaban J connectivity index is 1.71. The molecule has 3 rings (SSSR count). The number of rotatable bonds is 1. The average molecular weight is 283 g/mol. The van der Waals surface area contributed by atoms with Crippen LogP contribution >= 0.6 is 11.8 Å². The van der Waals surface area contributed by atoms with Crippen molar-refractivity contribution in [2.75, 3.05) is 18.1 Å². The van der Waals surface area contributed by atoms with Gasteiger partial charge in [-0.25, -0.2) is 0 Å². The second kappa shape index (κ2) is 4.92. The number of ether oxygens (including phenoxy) is 1. The van der Waals surface area contributed by atoms with E-state index in [1.807, 2.05) is 0 Å². The van der Waals surface area contributed by atoms with Crippen LogP contribution in [0, 0.1) is 11.3 Å². The van der Waals surface area contributed by atoms with E-state index in [4.69, 9.17) is 10.5 Å². The molecular formula is C16H29NOS. The smallest absolute Gasteiger partial charge is 0.0701 e. The molecule has 0 amide bonds. The molecule has 19 heavy (non-hydrogen) atoms. The first kappa shape index (κ1) is 14.2. The van der Waals surface area contributed by atoms with Gasteiger partial charge in [-0.15, -0.1) is 0 Å². The van der Waals surface area contributed by atoms with Crippen molar-refractivity contribution in [1.82, 2.24) is 0 Å². The summed E-state index contributed by atoms with van der Waals surface area (Å²) < 4.78 is 6.22. The fraction of sp³-hybridized carbons (Fsp3) is 1.00. The molecule has 0 aromatic heterocycles. The van der Waals surface area contributed by atoms with Crippen LogP contribution in [-0.4, -0.2) is 29.3 Å². The summed E-state index contributed by atoms with van der Waals surface area (Å²) in [6.45, 7) is 5.70. The van der Waals surface area contributed by atoms with Gasteiger partial charge in [0.15, 0.2) is 0 Å². The van der Waals surface area contributed by atoms with Crippen molar-refractivity contribution in [3.63, 3.8) is 0 Å². The summed E-state index contributed by atoms with van der Waals surface area (Å²) >= 11 is 2.08. The highest BCUT2D eigenvalue weighted by Gasteiger charge is 2.50. The largest absolute Gasteiger partial charge is 0.375 e. The SMILES string of the molecule is CC1(C)CCC(N)(C2CCOC3(CCSCC3)C2)C1. The van der Waals surface area contributed by atoms with Crippen molar-refractivity contribution in [2.45, 2.75) is 69.9 Å². The van der Waals surface area contributed by atoms with E-state index in [1.54, 1.807) is 0 Å². The van der Waals surface area contributed by atoms with Gasteiger partial charge < -0.3 is 10.5 Å². The number of thioether (sulfide) groups is 1. The van der Waals surface area contributed by atoms with Crippen molar-refractivity contribution < 1.29 is 4.74 Å². The third-order valence-corrected chi connectivity index (χ3v) is 6.77. The summed E-state index contributed by atoms with van der Waals surface area (Å²) in [4.78, 5) is 0. The first-order chi connectivity index (χ1) is 8.93. The summed E-state index contributed by atoms with van der Waals surface area (Å²) in [5.74, 6) is 3.23. The first-order valence-corrected chi connectivity index (χ1v) is 9.09. The Morgan fingerprint density at radius 2 is 1.84 bits per heavy atom. The Morgan fingerprint density at radius 3 is 2.47 bits per heavy atom. The van der Waals surface area contributed by atoms with Gasteiger partial charge in [0.25, 0.3) is 0 Å². The van der Waals surface area contributed by atoms with E-state index in [1.165, 1.54) is 56.5 Å². The molecule has 0 aromatic rings. The highest BCUT2D eigenvalue weighted by Crippen LogP contribution is 2.51. The van der Waals surface area contributed by atoms with Gasteiger partial charge in [0, 0.05) is 12.1 Å². The van der Waals surface area contributed by atoms with Gasteiger partial charge in [-0.2, -0.15) is 11.8 Å². The second-order valence-electron chi connectivity index (χ2n) is 7.91. The van der Waals surface area contributed by atoms with E-state index >= 15 is 0 Å². The van der Waals surface area contributed by atoms with Crippen LogP contribution in [0.15, 0.2) is 0 Å². The normalized spacial score (nSPS) is 41.5. The quantitative estimate of drug-likeness (QED) is 0.799. The Bertz CT molecular complexity index is 332. The molecule has 2 atom stereocenters. The number of hydrogen-bond donors (Lipinski definition) is 1. The minimum Gasteiger partial charge on any atom is -0.375 e. The molecule has 2 heterocycles. The maximum absolute atomic E-state index is 6.84. The molecule has 1 saturated carbocycles. The lowest BCUT2D eigenvalue weighted by Crippen LogP contribution is -2.53. The van der Waals surface area contributed by atoms with Gasteiger partial charge in [-0.05, 0) is 67.8 Å². The molecule has 1 aliphatic carbocycles. The van der Waals surface area contributed by atoms with Crippen LogP contribution in [0.5, 0.6) is 0 Å². The van der Waals surface area contributed by atoms with Gasteiger partial charge in [0.2, 0.25) is 0 Å². The van der Waals surface area contributed by atoms with E-state index in [0.29, 0.717) is 11.3 Å². The van der Waals surface area contributed by atoms with Crippen molar-refractivity contribution in [2.24, 2.45) is 17.1 Å². The van der Waals surface area contributed by atoms with Crippen molar-refractivity contribution in [1.29, 1.82) is 0 Å². The zero-order valence-corrected chi connectivity index (χ0v) is 13.4. The Labute approximate surface area is 122 Å². The fourth-order valence-electron chi connectivity index (χ4n) is 4.60. The van der Waals surface area contributed by atoms with Crippen molar-refractivity contribution in [3.05, 3.63) is 0 Å². The third kappa shape index (κ3) is 2.84. The monoisotopic (exact) mass is 283 g/mol. The Hall–Kier alpha value is 0.270. The zero-order valence-electron chi connectivity index (χ0n) is 12.5. The number of hydrogen-bond acceptors (Lipinski definition) is 3. The maximum atomic E-state index is 6.84. The standard InChI is InChI=1S/C16H29NOS/c1-14(2)4-5-16(17,12-14)13-3-8-18-15(11-13)6-9-19-10-7-15/h13H,3-12,17H2,1-2H3. The second-order valence-corrected chi connectivity index (χ2v) is 9.13. The fourth-order valence-corrected chi connectivity index (χ4v) is 5.83. The topological polar surface area (TPSA) is 35.2 Å². The molecule has 3 fully saturated rings. The average Bonchev–Trinajstić information content (AvgIpc) is 2.66. The Kier molecular flexibility index (Phi) is 3.68. The van der Waals surface area contributed by atoms with Crippen molar-refractivity contribution >= 4 is 11.8 Å². The summed E-state index contributed by atoms with van der Waals surface area (Å²) in [5.41, 5.74) is 7.56. The van der Waals surface area contributed by atoms with Crippen LogP contribution in [0.25, 0.3) is 0 Å². The van der Waals surface area contributed by atoms with Gasteiger partial charge in [-0.1, -0.05) is 13.8 Å². The highest BCUT2D eigenvalue weighted by molar-refractivity contribution is 7.99. The maximum Gasteiger partial charge on any atom is 0.0701 e. The minimum atomic E-state index is 0.0882. The molecule has 2 N–H and O–H groups in total. The van der Waals surface area contributed by atoms with Gasteiger partial charge >= 0.3 is 0 Å². The van der Waals surface area contributed by atoms with Crippen LogP contribution in [0.4, 0.5) is 0 Å². The summed E-state index contributed by atoms with van der Waals surface area (Å²) in [6.07, 6.45) is 8.61. The molecule has 2 unspecified atom stereocenters. The van der Waals surface area contributed by atoms with E-state index in [2.05, 4.69) is 25.6 Å². The molecular weight excluding hydrogens is 254 g/mol. The summed E-state index contributed by atoms with van der Waals surface area (Å²) in [7, 11) is 0. The van der Waals surface area contributed by atoms with Crippen LogP contribution in [0.3, 0.4) is 0 Å². The molecule has 0 bridgehead atoms. The van der Waals surface area contributed by atoms with E-state index in [9.17, 15) is 0 Å². The molecule has 110 valence electrons. The molecule has 2 saturated heterocycles. The highest BCUT2D eigenvalue weighted by atomic mass is 32.2. The summed E-state index contributed by atoms with van der Waals surface area (Å²) in [5, 5.41) is 0. The molecule has 1 spiro atoms. The molecule has 0 aromatic carbocycles. The van der Waals surface area contributed by atoms with Gasteiger partial charge in [0.05, 0.1) is 5.60 Å². The van der Waals surface area contributed by atoms with Gasteiger partial charge in [0.1, 0.15) is 0 Å². The van der Waals surface area contributed by atoms with E-state index < -0.39 is 0 Å². The van der Waals surface area contributed by atoms with Crippen molar-refractivity contribution in [3.8, 4) is 0 Å². The summed E-state index contributed by atoms with van der Waals surface area (Å²) in [6, 6.07) is 0. The first-order valence-electron chi connectivity index (χ1n) is 7.94. The third-order valence-electron chi connectivity index (χ3n) is 5.78. The molecule has 2 nitrogen and oxygen atoms in total. The van der Waals surface area contributed by atoms with Gasteiger partial charge in [-0.3, -0.25) is 0 Å². The lowest BCUT2D eigenvalue weighted by atomic mass is 9.70. The minimum absolute atomic E-state index is 0.0882. The van der Waals surface area contributed by atoms with Crippen LogP contribution < -0.4 is 5.73 Å². The number of nitrogens with two attached hydrogens (primary N) is 1. The molecule has 3 heteroatoms. The molecule has 0 radical (unpaired) electrons.